The molecule has 10 nitrogen and oxygen atoms in total. The summed E-state index contributed by atoms with van der Waals surface area (Å²) in [5, 5.41) is 17.0. The van der Waals surface area contributed by atoms with Gasteiger partial charge in [0.15, 0.2) is 5.65 Å². The summed E-state index contributed by atoms with van der Waals surface area (Å²) in [7, 11) is 3.01. The first-order valence-electron chi connectivity index (χ1n) is 12.3. The number of fused-ring (bicyclic) bond motifs is 2. The fraction of sp³-hybridized carbons (Fsp3) is 0.308. The molecule has 208 valence electrons. The van der Waals surface area contributed by atoms with Crippen LogP contribution >= 0.6 is 11.8 Å². The van der Waals surface area contributed by atoms with Gasteiger partial charge in [0.2, 0.25) is 0 Å². The van der Waals surface area contributed by atoms with E-state index >= 15 is 0 Å². The van der Waals surface area contributed by atoms with E-state index in [2.05, 4.69) is 43.0 Å². The third kappa shape index (κ3) is 5.94. The van der Waals surface area contributed by atoms with Crippen molar-refractivity contribution in [3.05, 3.63) is 59.9 Å². The van der Waals surface area contributed by atoms with Gasteiger partial charge in [-0.15, -0.1) is 10.2 Å². The van der Waals surface area contributed by atoms with Gasteiger partial charge < -0.3 is 25.3 Å². The number of halogens is 3. The highest BCUT2D eigenvalue weighted by atomic mass is 32.2. The molecule has 0 fully saturated rings. The van der Waals surface area contributed by atoms with Crippen molar-refractivity contribution in [1.82, 2.24) is 29.5 Å². The van der Waals surface area contributed by atoms with E-state index in [-0.39, 0.29) is 41.0 Å². The molecule has 3 aromatic heterocycles. The minimum absolute atomic E-state index is 0.0186. The van der Waals surface area contributed by atoms with Crippen LogP contribution in [0.4, 0.5) is 24.5 Å². The van der Waals surface area contributed by atoms with E-state index < -0.39 is 5.51 Å². The molecule has 0 aliphatic carbocycles. The Balaban J connectivity index is 1.39. The standard InChI is InChI=1S/C26H25F3N8O2S/c1-30-24(38)16-7-9-18(21(13-16)39-2)31-11-3-5-20-25(40-26(27,28)29)37-12-4-6-19(23(37)34-20)33-17-8-10-22-35-32-15-36(22)14-17/h4,6-7,9,12-13,15,17,31,33H,8,10-11,14H2,1-2H3,(H,30,38)/t17-/m0/s1. The Hall–Kier alpha value is -4.38. The Kier molecular flexibility index (Phi) is 7.74. The van der Waals surface area contributed by atoms with E-state index in [1.165, 1.54) is 18.6 Å². The number of alkyl halides is 3. The number of nitrogens with one attached hydrogen (secondary N) is 3. The normalized spacial score (nSPS) is 14.7. The average molecular weight is 571 g/mol. The highest BCUT2D eigenvalue weighted by molar-refractivity contribution is 8.00. The number of carbonyl (C=O) groups excluding carboxylic acids is 1. The van der Waals surface area contributed by atoms with Gasteiger partial charge >= 0.3 is 5.51 Å². The molecule has 0 unspecified atom stereocenters. The number of nitrogens with zero attached hydrogens (tertiary/aromatic N) is 5. The van der Waals surface area contributed by atoms with Crippen LogP contribution in [-0.2, 0) is 13.0 Å². The number of imidazole rings is 1. The number of methoxy groups -OCH3 is 1. The number of amides is 1. The van der Waals surface area contributed by atoms with Crippen molar-refractivity contribution in [3.8, 4) is 17.6 Å². The number of aryl methyl sites for hydroxylation is 1. The van der Waals surface area contributed by atoms with Crippen LogP contribution in [0.1, 0.15) is 28.3 Å². The summed E-state index contributed by atoms with van der Waals surface area (Å²) >= 11 is -0.252. The molecule has 1 atom stereocenters. The van der Waals surface area contributed by atoms with Crippen LogP contribution in [0.2, 0.25) is 0 Å². The zero-order chi connectivity index (χ0) is 28.3. The number of hydrogen-bond donors (Lipinski definition) is 3. The molecule has 14 heteroatoms. The van der Waals surface area contributed by atoms with Gasteiger partial charge in [0, 0.05) is 49.6 Å². The molecule has 0 bridgehead atoms. The molecule has 3 N–H and O–H groups in total. The predicted molar refractivity (Wildman–Crippen MR) is 145 cm³/mol. The van der Waals surface area contributed by atoms with Crippen LogP contribution in [0.3, 0.4) is 0 Å². The number of pyridine rings is 1. The van der Waals surface area contributed by atoms with Crippen LogP contribution in [0, 0.1) is 11.8 Å². The number of hydrogen-bond acceptors (Lipinski definition) is 8. The van der Waals surface area contributed by atoms with E-state index in [9.17, 15) is 18.0 Å². The second kappa shape index (κ2) is 11.4. The summed E-state index contributed by atoms with van der Waals surface area (Å²) in [6, 6.07) is 8.39. The monoisotopic (exact) mass is 570 g/mol. The molecule has 1 aromatic carbocycles. The molecular formula is C26H25F3N8O2S. The number of carbonyl (C=O) groups is 1. The van der Waals surface area contributed by atoms with Crippen LogP contribution < -0.4 is 20.7 Å². The molecular weight excluding hydrogens is 545 g/mol. The van der Waals surface area contributed by atoms with Crippen LogP contribution in [0.5, 0.6) is 5.75 Å². The van der Waals surface area contributed by atoms with Crippen molar-refractivity contribution >= 4 is 34.7 Å². The zero-order valence-corrected chi connectivity index (χ0v) is 22.4. The summed E-state index contributed by atoms with van der Waals surface area (Å²) in [5.74, 6) is 6.73. The maximum Gasteiger partial charge on any atom is 0.447 e. The molecule has 0 saturated heterocycles. The topological polar surface area (TPSA) is 110 Å². The first kappa shape index (κ1) is 27.2. The van der Waals surface area contributed by atoms with Crippen molar-refractivity contribution in [2.75, 3.05) is 31.3 Å². The lowest BCUT2D eigenvalue weighted by molar-refractivity contribution is -0.0330. The highest BCUT2D eigenvalue weighted by Crippen LogP contribution is 2.39. The van der Waals surface area contributed by atoms with Gasteiger partial charge in [0.05, 0.1) is 25.0 Å². The van der Waals surface area contributed by atoms with Crippen molar-refractivity contribution < 1.29 is 22.7 Å². The van der Waals surface area contributed by atoms with Gasteiger partial charge in [-0.05, 0) is 42.7 Å². The maximum atomic E-state index is 13.5. The van der Waals surface area contributed by atoms with Gasteiger partial charge in [0.1, 0.15) is 28.6 Å². The summed E-state index contributed by atoms with van der Waals surface area (Å²) in [6.07, 6.45) is 4.76. The molecule has 40 heavy (non-hydrogen) atoms. The number of ether oxygens (including phenoxy) is 1. The predicted octanol–water partition coefficient (Wildman–Crippen LogP) is 3.80. The number of rotatable bonds is 7. The number of anilines is 2. The largest absolute Gasteiger partial charge is 0.495 e. The van der Waals surface area contributed by atoms with Crippen molar-refractivity contribution in [2.24, 2.45) is 0 Å². The third-order valence-corrected chi connectivity index (χ3v) is 7.09. The van der Waals surface area contributed by atoms with Crippen molar-refractivity contribution in [1.29, 1.82) is 0 Å². The Morgan fingerprint density at radius 3 is 2.90 bits per heavy atom. The van der Waals surface area contributed by atoms with Gasteiger partial charge in [-0.3, -0.25) is 9.20 Å². The molecule has 5 rings (SSSR count). The van der Waals surface area contributed by atoms with Crippen LogP contribution in [0.25, 0.3) is 5.65 Å². The van der Waals surface area contributed by atoms with Gasteiger partial charge in [0.25, 0.3) is 5.91 Å². The first-order valence-corrected chi connectivity index (χ1v) is 13.1. The summed E-state index contributed by atoms with van der Waals surface area (Å²) in [6.45, 7) is 0.744. The van der Waals surface area contributed by atoms with E-state index in [1.54, 1.807) is 42.9 Å². The second-order valence-electron chi connectivity index (χ2n) is 8.86. The Labute approximate surface area is 231 Å². The molecule has 0 saturated carbocycles. The lowest BCUT2D eigenvalue weighted by Crippen LogP contribution is -2.31. The lowest BCUT2D eigenvalue weighted by Gasteiger charge is -2.25. The lowest BCUT2D eigenvalue weighted by atomic mass is 10.1. The van der Waals surface area contributed by atoms with Gasteiger partial charge in [-0.2, -0.15) is 13.2 Å². The number of benzene rings is 1. The molecule has 0 radical (unpaired) electrons. The molecule has 1 aliphatic heterocycles. The highest BCUT2D eigenvalue weighted by Gasteiger charge is 2.33. The minimum Gasteiger partial charge on any atom is -0.495 e. The van der Waals surface area contributed by atoms with Crippen LogP contribution in [0.15, 0.2) is 47.9 Å². The SMILES string of the molecule is CNC(=O)c1ccc(NCC#Cc2nc3c(N[C@H]4CCc5nncn5C4)cccn3c2SC(F)(F)F)c(OC)c1. The maximum absolute atomic E-state index is 13.5. The summed E-state index contributed by atoms with van der Waals surface area (Å²) in [4.78, 5) is 16.4. The summed E-state index contributed by atoms with van der Waals surface area (Å²) < 4.78 is 49.2. The average Bonchev–Trinajstić information content (AvgIpc) is 3.54. The van der Waals surface area contributed by atoms with E-state index in [0.717, 1.165) is 18.7 Å². The fourth-order valence-corrected chi connectivity index (χ4v) is 5.09. The van der Waals surface area contributed by atoms with Crippen molar-refractivity contribution in [3.63, 3.8) is 0 Å². The van der Waals surface area contributed by atoms with Gasteiger partial charge in [-0.1, -0.05) is 5.92 Å². The minimum atomic E-state index is -4.53. The Bertz CT molecular complexity index is 1600. The second-order valence-corrected chi connectivity index (χ2v) is 9.91. The molecule has 0 spiro atoms. The molecule has 1 amide bonds. The molecule has 4 heterocycles. The van der Waals surface area contributed by atoms with E-state index in [0.29, 0.717) is 34.9 Å². The Morgan fingerprint density at radius 2 is 2.12 bits per heavy atom. The fourth-order valence-electron chi connectivity index (χ4n) is 4.43. The summed E-state index contributed by atoms with van der Waals surface area (Å²) in [5.41, 5.74) is -2.53. The Morgan fingerprint density at radius 1 is 1.27 bits per heavy atom. The molecule has 4 aromatic rings. The van der Waals surface area contributed by atoms with Crippen LogP contribution in [-0.4, -0.2) is 62.3 Å². The third-order valence-electron chi connectivity index (χ3n) is 6.27. The van der Waals surface area contributed by atoms with Crippen molar-refractivity contribution in [2.45, 2.75) is 36.0 Å². The molecule has 1 aliphatic rings. The van der Waals surface area contributed by atoms with E-state index in [1.807, 2.05) is 4.57 Å². The zero-order valence-electron chi connectivity index (χ0n) is 21.5. The quantitative estimate of drug-likeness (QED) is 0.228. The van der Waals surface area contributed by atoms with E-state index in [4.69, 9.17) is 4.74 Å². The first-order chi connectivity index (χ1) is 19.3. The number of aromatic nitrogens is 5. The van der Waals surface area contributed by atoms with Gasteiger partial charge in [-0.25, -0.2) is 4.98 Å². The smallest absolute Gasteiger partial charge is 0.447 e. The number of thioether (sulfide) groups is 1.